The summed E-state index contributed by atoms with van der Waals surface area (Å²) in [6, 6.07) is 21.8. The predicted molar refractivity (Wildman–Crippen MR) is 121 cm³/mol. The zero-order valence-electron chi connectivity index (χ0n) is 16.5. The van der Waals surface area contributed by atoms with Crippen molar-refractivity contribution in [2.75, 3.05) is 6.26 Å². The third kappa shape index (κ3) is 3.59. The summed E-state index contributed by atoms with van der Waals surface area (Å²) in [4.78, 5) is 4.46. The molecule has 0 unspecified atom stereocenters. The van der Waals surface area contributed by atoms with E-state index in [1.807, 2.05) is 79.3 Å². The van der Waals surface area contributed by atoms with E-state index in [0.29, 0.717) is 11.3 Å². The number of H-pyrrole nitrogens is 1. The van der Waals surface area contributed by atoms with E-state index >= 15 is 0 Å². The molecule has 0 bridgehead atoms. The van der Waals surface area contributed by atoms with Gasteiger partial charge in [0, 0.05) is 22.1 Å². The second kappa shape index (κ2) is 8.27. The van der Waals surface area contributed by atoms with Crippen LogP contribution >= 0.6 is 11.8 Å². The highest BCUT2D eigenvalue weighted by Crippen LogP contribution is 2.24. The van der Waals surface area contributed by atoms with E-state index in [1.165, 1.54) is 4.90 Å². The molecule has 146 valence electrons. The fraction of sp³-hybridized carbons (Fsp3) is 0.0417. The number of rotatable bonds is 5. The molecule has 0 saturated heterocycles. The maximum absolute atomic E-state index is 9.04. The molecule has 0 aliphatic heterocycles. The van der Waals surface area contributed by atoms with E-state index < -0.39 is 0 Å². The number of nitrogens with zero attached hydrogens (tertiary/aromatic N) is 2. The first-order valence-corrected chi connectivity index (χ1v) is 10.6. The van der Waals surface area contributed by atoms with Crippen molar-refractivity contribution in [2.45, 2.75) is 4.90 Å². The summed E-state index contributed by atoms with van der Waals surface area (Å²) < 4.78 is 2.06. The van der Waals surface area contributed by atoms with Crippen molar-refractivity contribution in [3.8, 4) is 17.3 Å². The highest BCUT2D eigenvalue weighted by Gasteiger charge is 2.17. The number of thioether (sulfide) groups is 1. The van der Waals surface area contributed by atoms with Gasteiger partial charge < -0.3 is 5.73 Å². The molecule has 0 aliphatic rings. The Morgan fingerprint density at radius 1 is 1.07 bits per heavy atom. The number of pyridine rings is 1. The maximum atomic E-state index is 9.04. The minimum Gasteiger partial charge on any atom is -0.398 e. The smallest absolute Gasteiger partial charge is 0.284 e. The quantitative estimate of drug-likeness (QED) is 0.268. The van der Waals surface area contributed by atoms with Crippen molar-refractivity contribution in [1.82, 2.24) is 4.98 Å². The standard InChI is InChI=1S/C24H19N5S/c1-30-20-9-6-18(7-10-20)24(27)21(13-26)19-8-11-23-28-14-22(29(23)15-19)17-4-2-16(12-25)3-5-17/h2-11,13-15H,1H3,(H3,26,27)/p+2. The van der Waals surface area contributed by atoms with Crippen LogP contribution in [-0.2, 0) is 0 Å². The lowest BCUT2D eigenvalue weighted by Crippen LogP contribution is -2.31. The Morgan fingerprint density at radius 3 is 2.40 bits per heavy atom. The highest BCUT2D eigenvalue weighted by molar-refractivity contribution is 7.98. The minimum atomic E-state index is 0.626. The Hall–Kier alpha value is -3.82. The Bertz CT molecular complexity index is 1290. The van der Waals surface area contributed by atoms with Crippen molar-refractivity contribution in [1.29, 1.82) is 5.26 Å². The van der Waals surface area contributed by atoms with Gasteiger partial charge in [0.25, 0.3) is 5.65 Å². The molecule has 5 nitrogen and oxygen atoms in total. The van der Waals surface area contributed by atoms with Crippen LogP contribution in [0.25, 0.3) is 28.2 Å². The third-order valence-electron chi connectivity index (χ3n) is 5.04. The first-order valence-electron chi connectivity index (χ1n) is 9.37. The molecule has 0 radical (unpaired) electrons. The molecule has 0 saturated carbocycles. The lowest BCUT2D eigenvalue weighted by Gasteiger charge is -2.07. The lowest BCUT2D eigenvalue weighted by atomic mass is 10.0. The van der Waals surface area contributed by atoms with Gasteiger partial charge in [-0.2, -0.15) is 9.66 Å². The molecule has 2 aromatic carbocycles. The van der Waals surface area contributed by atoms with Gasteiger partial charge in [0.2, 0.25) is 0 Å². The Balaban J connectivity index is 1.81. The van der Waals surface area contributed by atoms with Gasteiger partial charge in [-0.3, -0.25) is 5.41 Å². The summed E-state index contributed by atoms with van der Waals surface area (Å²) in [7, 11) is 0. The molecule has 2 aromatic heterocycles. The number of nitrogens with one attached hydrogen (secondary N) is 1. The third-order valence-corrected chi connectivity index (χ3v) is 5.79. The topological polar surface area (TPSA) is 95.3 Å². The van der Waals surface area contributed by atoms with Crippen LogP contribution in [0.15, 0.2) is 78.0 Å². The molecule has 0 atom stereocenters. The molecule has 0 spiro atoms. The van der Waals surface area contributed by atoms with E-state index in [0.717, 1.165) is 33.6 Å². The van der Waals surface area contributed by atoms with Crippen LogP contribution < -0.4 is 15.5 Å². The first kappa shape index (κ1) is 19.5. The number of allylic oxidation sites excluding steroid dienone is 1. The van der Waals surface area contributed by atoms with Gasteiger partial charge in [0.05, 0.1) is 22.9 Å². The van der Waals surface area contributed by atoms with Crippen LogP contribution in [0.2, 0.25) is 0 Å². The molecule has 2 heterocycles. The summed E-state index contributed by atoms with van der Waals surface area (Å²) in [6.07, 6.45) is 7.55. The molecule has 0 aliphatic carbocycles. The van der Waals surface area contributed by atoms with Crippen LogP contribution in [0, 0.1) is 11.3 Å². The van der Waals surface area contributed by atoms with E-state index in [2.05, 4.69) is 15.5 Å². The summed E-state index contributed by atoms with van der Waals surface area (Å²) in [5.41, 5.74) is 13.3. The maximum Gasteiger partial charge on any atom is 0.284 e. The van der Waals surface area contributed by atoms with Crippen molar-refractivity contribution >= 4 is 34.9 Å². The van der Waals surface area contributed by atoms with Gasteiger partial charge in [-0.05, 0) is 54.3 Å². The summed E-state index contributed by atoms with van der Waals surface area (Å²) in [6.45, 7) is 0. The Labute approximate surface area is 179 Å². The second-order valence-corrected chi connectivity index (χ2v) is 7.64. The molecule has 6 heteroatoms. The SMILES string of the molecule is CSc1ccc(C(N)=C(C=[NH2+])c2ccc3[nH]cc(-c4ccc(C#N)cc4)[n+]3c2)cc1. The Morgan fingerprint density at radius 2 is 1.77 bits per heavy atom. The van der Waals surface area contributed by atoms with Gasteiger partial charge in [0.15, 0.2) is 11.9 Å². The number of hydrogen-bond donors (Lipinski definition) is 3. The Kier molecular flexibility index (Phi) is 5.38. The number of aromatic amines is 1. The fourth-order valence-electron chi connectivity index (χ4n) is 3.39. The average Bonchev–Trinajstić information content (AvgIpc) is 3.23. The number of hydrogen-bond acceptors (Lipinski definition) is 3. The largest absolute Gasteiger partial charge is 0.398 e. The van der Waals surface area contributed by atoms with Crippen molar-refractivity contribution < 1.29 is 9.81 Å². The molecule has 4 rings (SSSR count). The molecule has 0 fully saturated rings. The van der Waals surface area contributed by atoms with Gasteiger partial charge >= 0.3 is 0 Å². The molecular formula is C24H21N5S+2. The van der Waals surface area contributed by atoms with E-state index in [4.69, 9.17) is 16.4 Å². The van der Waals surface area contributed by atoms with Crippen LogP contribution in [-0.4, -0.2) is 17.5 Å². The second-order valence-electron chi connectivity index (χ2n) is 6.76. The molecule has 4 aromatic rings. The molecule has 5 N–H and O–H groups in total. The number of nitrogens with two attached hydrogens (primary N) is 2. The monoisotopic (exact) mass is 411 g/mol. The zero-order valence-corrected chi connectivity index (χ0v) is 17.3. The summed E-state index contributed by atoms with van der Waals surface area (Å²) >= 11 is 1.69. The lowest BCUT2D eigenvalue weighted by molar-refractivity contribution is -0.498. The number of fused-ring (bicyclic) bond motifs is 1. The average molecular weight is 412 g/mol. The van der Waals surface area contributed by atoms with Gasteiger partial charge in [-0.15, -0.1) is 11.8 Å². The first-order chi connectivity index (χ1) is 14.6. The van der Waals surface area contributed by atoms with Crippen LogP contribution in [0.3, 0.4) is 0 Å². The molecule has 0 amide bonds. The number of nitriles is 1. The predicted octanol–water partition coefficient (Wildman–Crippen LogP) is 2.67. The number of aromatic nitrogens is 2. The van der Waals surface area contributed by atoms with Gasteiger partial charge in [-0.25, -0.2) is 4.98 Å². The normalized spacial score (nSPS) is 11.7. The van der Waals surface area contributed by atoms with Crippen molar-refractivity contribution in [2.24, 2.45) is 5.73 Å². The van der Waals surface area contributed by atoms with Crippen molar-refractivity contribution in [3.05, 3.63) is 89.7 Å². The zero-order chi connectivity index (χ0) is 21.1. The van der Waals surface area contributed by atoms with Crippen molar-refractivity contribution in [3.63, 3.8) is 0 Å². The van der Waals surface area contributed by atoms with Crippen LogP contribution in [0.4, 0.5) is 0 Å². The van der Waals surface area contributed by atoms with Gasteiger partial charge in [0.1, 0.15) is 12.4 Å². The van der Waals surface area contributed by atoms with Crippen LogP contribution in [0.1, 0.15) is 16.7 Å². The number of benzene rings is 2. The van der Waals surface area contributed by atoms with Gasteiger partial charge in [-0.1, -0.05) is 12.1 Å². The molecule has 30 heavy (non-hydrogen) atoms. The summed E-state index contributed by atoms with van der Waals surface area (Å²) in [5.74, 6) is 0. The molecular weight excluding hydrogens is 390 g/mol. The van der Waals surface area contributed by atoms with E-state index in [9.17, 15) is 0 Å². The summed E-state index contributed by atoms with van der Waals surface area (Å²) in [5, 5.41) is 15.0. The van der Waals surface area contributed by atoms with E-state index in [-0.39, 0.29) is 0 Å². The highest BCUT2D eigenvalue weighted by atomic mass is 32.2. The number of imidazole rings is 1. The minimum absolute atomic E-state index is 0.626. The fourth-order valence-corrected chi connectivity index (χ4v) is 3.80. The van der Waals surface area contributed by atoms with Crippen LogP contribution in [0.5, 0.6) is 0 Å². The van der Waals surface area contributed by atoms with E-state index in [1.54, 1.807) is 18.0 Å².